The number of carbonyl (C=O) groups excluding carboxylic acids is 1. The van der Waals surface area contributed by atoms with E-state index in [1.807, 2.05) is 0 Å². The zero-order chi connectivity index (χ0) is 14.8. The fourth-order valence-corrected chi connectivity index (χ4v) is 2.46. The molecule has 9 heteroatoms. The first-order chi connectivity index (χ1) is 8.61. The Morgan fingerprint density at radius 2 is 2.00 bits per heavy atom. The molecule has 6 nitrogen and oxygen atoms in total. The quantitative estimate of drug-likeness (QED) is 0.302. The van der Waals surface area contributed by atoms with Gasteiger partial charge in [0, 0.05) is 11.4 Å². The molecule has 0 fully saturated rings. The van der Waals surface area contributed by atoms with Crippen LogP contribution in [-0.4, -0.2) is 24.7 Å². The van der Waals surface area contributed by atoms with Crippen molar-refractivity contribution in [3.8, 4) is 0 Å². The number of aliphatic imine (C=N–C) groups is 1. The Hall–Kier alpha value is 0.196. The van der Waals surface area contributed by atoms with Crippen molar-refractivity contribution in [2.75, 3.05) is 0 Å². The molecule has 1 N–H and O–H groups in total. The molecule has 0 radical (unpaired) electrons. The smallest absolute Gasteiger partial charge is 0.861 e. The van der Waals surface area contributed by atoms with Crippen molar-refractivity contribution >= 4 is 39.1 Å². The molecule has 0 saturated heterocycles. The molecule has 0 spiro atoms. The van der Waals surface area contributed by atoms with Gasteiger partial charge in [0.2, 0.25) is 0 Å². The standard InChI is InChI=1S/C11H12ClNO5S.K/c1-6(14)3-11(15)13-9-4-8(12)5-10(7(9)2)19(16,17)18;/h4-5H,3H2,1-2H3,(H,13,15)(H,16,17,18);/q;+1/p-1. The average Bonchev–Trinajstić information content (AvgIpc) is 2.19. The van der Waals surface area contributed by atoms with Crippen molar-refractivity contribution in [1.29, 1.82) is 0 Å². The molecule has 104 valence electrons. The predicted octanol–water partition coefficient (Wildman–Crippen LogP) is -1.73. The van der Waals surface area contributed by atoms with E-state index in [9.17, 15) is 18.3 Å². The van der Waals surface area contributed by atoms with Crippen molar-refractivity contribution in [2.24, 2.45) is 4.99 Å². The van der Waals surface area contributed by atoms with Crippen LogP contribution in [0.2, 0.25) is 5.02 Å². The minimum absolute atomic E-state index is 0. The third kappa shape index (κ3) is 5.90. The Morgan fingerprint density at radius 1 is 1.45 bits per heavy atom. The van der Waals surface area contributed by atoms with Gasteiger partial charge >= 0.3 is 51.4 Å². The van der Waals surface area contributed by atoms with E-state index in [1.54, 1.807) is 0 Å². The Kier molecular flexibility index (Phi) is 8.07. The van der Waals surface area contributed by atoms with Gasteiger partial charge in [-0.2, -0.15) is 8.42 Å². The maximum atomic E-state index is 11.4. The normalized spacial score (nSPS) is 11.9. The molecule has 0 bridgehead atoms. The number of Topliss-reactive ketones (excluding diaryl/α,β-unsaturated/α-hetero) is 1. The fraction of sp³-hybridized carbons (Fsp3) is 0.273. The van der Waals surface area contributed by atoms with Crippen LogP contribution in [0, 0.1) is 6.92 Å². The number of ketones is 1. The van der Waals surface area contributed by atoms with Crippen LogP contribution in [0.3, 0.4) is 0 Å². The van der Waals surface area contributed by atoms with Crippen LogP contribution in [0.25, 0.3) is 0 Å². The molecule has 0 atom stereocenters. The average molecular weight is 344 g/mol. The number of hydrogen-bond acceptors (Lipinski definition) is 5. The minimum Gasteiger partial charge on any atom is -0.861 e. The third-order valence-corrected chi connectivity index (χ3v) is 3.42. The Balaban J connectivity index is 0.00000361. The molecule has 0 unspecified atom stereocenters. The molecule has 0 aliphatic heterocycles. The number of carbonyl (C=O) groups is 1. The molecule has 0 aliphatic rings. The molecule has 0 heterocycles. The van der Waals surface area contributed by atoms with Gasteiger partial charge in [0.25, 0.3) is 10.1 Å². The second-order valence-corrected chi connectivity index (χ2v) is 5.73. The van der Waals surface area contributed by atoms with Crippen molar-refractivity contribution < 1.29 is 74.3 Å². The SMILES string of the molecule is CC(=O)CC([O-])=Nc1cc(Cl)cc(S(=O)(=O)O)c1C.[K+]. The summed E-state index contributed by atoms with van der Waals surface area (Å²) >= 11 is 5.70. The van der Waals surface area contributed by atoms with Crippen LogP contribution in [0.4, 0.5) is 5.69 Å². The summed E-state index contributed by atoms with van der Waals surface area (Å²) in [5.74, 6) is -1.07. The first-order valence-corrected chi connectivity index (χ1v) is 6.94. The molecular weight excluding hydrogens is 333 g/mol. The van der Waals surface area contributed by atoms with Gasteiger partial charge in [-0.15, -0.1) is 0 Å². The first kappa shape index (κ1) is 20.2. The van der Waals surface area contributed by atoms with Crippen LogP contribution in [-0.2, 0) is 14.9 Å². The van der Waals surface area contributed by atoms with E-state index in [2.05, 4.69) is 4.99 Å². The molecule has 0 aliphatic carbocycles. The van der Waals surface area contributed by atoms with Gasteiger partial charge in [-0.3, -0.25) is 14.3 Å². The zero-order valence-corrected chi connectivity index (χ0v) is 15.9. The Morgan fingerprint density at radius 3 is 2.45 bits per heavy atom. The van der Waals surface area contributed by atoms with Gasteiger partial charge in [0.1, 0.15) is 10.7 Å². The summed E-state index contributed by atoms with van der Waals surface area (Å²) in [7, 11) is -4.46. The Bertz CT molecular complexity index is 657. The summed E-state index contributed by atoms with van der Waals surface area (Å²) in [6.45, 7) is 2.61. The molecule has 1 rings (SSSR count). The van der Waals surface area contributed by atoms with Crippen molar-refractivity contribution in [3.05, 3.63) is 22.7 Å². The van der Waals surface area contributed by atoms with Crippen LogP contribution >= 0.6 is 11.6 Å². The molecule has 20 heavy (non-hydrogen) atoms. The van der Waals surface area contributed by atoms with E-state index >= 15 is 0 Å². The van der Waals surface area contributed by atoms with E-state index in [4.69, 9.17) is 16.2 Å². The van der Waals surface area contributed by atoms with Crippen LogP contribution in [0.1, 0.15) is 18.9 Å². The van der Waals surface area contributed by atoms with Gasteiger partial charge in [0.05, 0.1) is 5.69 Å². The van der Waals surface area contributed by atoms with E-state index in [1.165, 1.54) is 19.9 Å². The van der Waals surface area contributed by atoms with E-state index in [0.717, 1.165) is 6.07 Å². The second kappa shape index (κ2) is 7.99. The number of rotatable bonds is 4. The summed E-state index contributed by atoms with van der Waals surface area (Å²) in [4.78, 5) is 14.0. The predicted molar refractivity (Wildman–Crippen MR) is 68.4 cm³/mol. The Labute approximate surface area is 164 Å². The van der Waals surface area contributed by atoms with E-state index < -0.39 is 20.9 Å². The van der Waals surface area contributed by atoms with E-state index in [0.29, 0.717) is 0 Å². The first-order valence-electron chi connectivity index (χ1n) is 5.13. The monoisotopic (exact) mass is 343 g/mol. The molecule has 0 amide bonds. The molecular formula is C11H11ClKNO5S. The van der Waals surface area contributed by atoms with Crippen LogP contribution < -0.4 is 56.5 Å². The number of hydrogen-bond donors (Lipinski definition) is 1. The van der Waals surface area contributed by atoms with Gasteiger partial charge in [0.15, 0.2) is 0 Å². The molecule has 1 aromatic carbocycles. The summed E-state index contributed by atoms with van der Waals surface area (Å²) in [6, 6.07) is 2.34. The molecule has 0 saturated carbocycles. The number of halogens is 1. The molecule has 0 aromatic heterocycles. The maximum Gasteiger partial charge on any atom is 1.00 e. The second-order valence-electron chi connectivity index (χ2n) is 3.91. The number of nitrogens with zero attached hydrogens (tertiary/aromatic N) is 1. The van der Waals surface area contributed by atoms with Crippen molar-refractivity contribution in [3.63, 3.8) is 0 Å². The summed E-state index contributed by atoms with van der Waals surface area (Å²) in [5, 5.41) is 11.4. The maximum absolute atomic E-state index is 11.4. The number of benzene rings is 1. The topological polar surface area (TPSA) is 107 Å². The van der Waals surface area contributed by atoms with Crippen LogP contribution in [0.5, 0.6) is 0 Å². The fourth-order valence-electron chi connectivity index (χ4n) is 1.41. The summed E-state index contributed by atoms with van der Waals surface area (Å²) in [6.07, 6.45) is -0.382. The molecule has 1 aromatic rings. The summed E-state index contributed by atoms with van der Waals surface area (Å²) in [5.41, 5.74) is 0.0928. The zero-order valence-electron chi connectivity index (χ0n) is 11.2. The summed E-state index contributed by atoms with van der Waals surface area (Å²) < 4.78 is 31.3. The van der Waals surface area contributed by atoms with Crippen LogP contribution in [0.15, 0.2) is 22.0 Å². The van der Waals surface area contributed by atoms with Crippen molar-refractivity contribution in [2.45, 2.75) is 25.2 Å². The van der Waals surface area contributed by atoms with Gasteiger partial charge in [-0.05, 0) is 37.4 Å². The minimum atomic E-state index is -4.46. The van der Waals surface area contributed by atoms with Gasteiger partial charge in [-0.1, -0.05) is 11.6 Å². The van der Waals surface area contributed by atoms with Crippen molar-refractivity contribution in [1.82, 2.24) is 0 Å². The third-order valence-electron chi connectivity index (χ3n) is 2.22. The largest absolute Gasteiger partial charge is 1.00 e. The van der Waals surface area contributed by atoms with E-state index in [-0.39, 0.29) is 79.9 Å². The van der Waals surface area contributed by atoms with Gasteiger partial charge in [-0.25, -0.2) is 0 Å². The van der Waals surface area contributed by atoms with Gasteiger partial charge < -0.3 is 5.11 Å².